The van der Waals surface area contributed by atoms with Gasteiger partial charge in [0.15, 0.2) is 0 Å². The number of nitrogens with zero attached hydrogens (tertiary/aromatic N) is 2. The molecule has 0 aliphatic carbocycles. The zero-order chi connectivity index (χ0) is 32.8. The zero-order valence-corrected chi connectivity index (χ0v) is 27.7. The molecule has 2 aromatic heterocycles. The van der Waals surface area contributed by atoms with Crippen molar-refractivity contribution in [2.75, 3.05) is 17.2 Å². The lowest BCUT2D eigenvalue weighted by molar-refractivity contribution is -0.116. The molecule has 2 heterocycles. The first kappa shape index (κ1) is 33.1. The van der Waals surface area contributed by atoms with E-state index in [4.69, 9.17) is 51.1 Å². The largest absolute Gasteiger partial charge is 0.450 e. The van der Waals surface area contributed by atoms with Crippen molar-refractivity contribution in [1.29, 1.82) is 0 Å². The van der Waals surface area contributed by atoms with Crippen LogP contribution in [0, 0.1) is 0 Å². The highest BCUT2D eigenvalue weighted by Gasteiger charge is 2.14. The summed E-state index contributed by atoms with van der Waals surface area (Å²) in [6, 6.07) is 21.6. The van der Waals surface area contributed by atoms with Crippen LogP contribution in [0.25, 0.3) is 44.8 Å². The van der Waals surface area contributed by atoms with Crippen molar-refractivity contribution in [3.8, 4) is 22.8 Å². The van der Waals surface area contributed by atoms with Gasteiger partial charge in [0.2, 0.25) is 5.91 Å². The van der Waals surface area contributed by atoms with Gasteiger partial charge >= 0.3 is 6.09 Å². The normalized spacial score (nSPS) is 10.8. The van der Waals surface area contributed by atoms with Crippen molar-refractivity contribution in [1.82, 2.24) is 19.9 Å². The van der Waals surface area contributed by atoms with Crippen molar-refractivity contribution >= 4 is 91.8 Å². The van der Waals surface area contributed by atoms with Crippen molar-refractivity contribution in [3.63, 3.8) is 0 Å². The molecule has 0 aliphatic heterocycles. The fraction of sp³-hybridized carbons (Fsp3) is 0.152. The summed E-state index contributed by atoms with van der Waals surface area (Å²) in [6.45, 7) is 4.03. The van der Waals surface area contributed by atoms with Crippen molar-refractivity contribution in [2.24, 2.45) is 0 Å². The number of carbonyl (C=O) groups excluding carboxylic acids is 2. The van der Waals surface area contributed by atoms with Gasteiger partial charge in [-0.3, -0.25) is 10.1 Å². The lowest BCUT2D eigenvalue weighted by atomic mass is 10.2. The number of hydrogen-bond donors (Lipinski definition) is 4. The van der Waals surface area contributed by atoms with Crippen LogP contribution in [-0.2, 0) is 9.53 Å². The molecule has 0 atom stereocenters. The number of imidazole rings is 2. The van der Waals surface area contributed by atoms with Gasteiger partial charge < -0.3 is 20.0 Å². The Bertz CT molecular complexity index is 2020. The number of halogens is 4. The second-order valence-corrected chi connectivity index (χ2v) is 11.6. The van der Waals surface area contributed by atoms with Gasteiger partial charge in [-0.05, 0) is 74.0 Å². The van der Waals surface area contributed by atoms with Crippen LogP contribution in [-0.4, -0.2) is 38.5 Å². The summed E-state index contributed by atoms with van der Waals surface area (Å²) in [5, 5.41) is 7.50. The van der Waals surface area contributed by atoms with E-state index >= 15 is 0 Å². The van der Waals surface area contributed by atoms with Crippen LogP contribution >= 0.6 is 46.4 Å². The summed E-state index contributed by atoms with van der Waals surface area (Å²) >= 11 is 24.7. The van der Waals surface area contributed by atoms with Gasteiger partial charge in [-0.25, -0.2) is 14.8 Å². The number of fused-ring (bicyclic) bond motifs is 2. The number of rotatable bonds is 7. The molecule has 9 nitrogen and oxygen atoms in total. The number of benzene rings is 4. The Hall–Kier alpha value is -4.28. The van der Waals surface area contributed by atoms with Gasteiger partial charge in [-0.2, -0.15) is 0 Å². The molecule has 0 saturated heterocycles. The first-order valence-electron chi connectivity index (χ1n) is 14.3. The standard InChI is InChI=1S/C17H15Cl2N3O.C16H13Cl2N3O2/c1-2-4-15(23)20-10-7-8-13-14(9-10)22-17(21-13)16-11(18)5-3-6-12(16)19;1-2-23-16(22)19-9-6-7-12-13(8-9)21-15(20-12)10-4-3-5-11(17)14(10)18/h3,5-9H,2,4H2,1H3,(H,20,23)(H,21,22);3-8H,2H2,1H3,(H,19,22)(H,20,21). The van der Waals surface area contributed by atoms with Gasteiger partial charge in [0.25, 0.3) is 0 Å². The van der Waals surface area contributed by atoms with E-state index in [1.807, 2.05) is 37.3 Å². The summed E-state index contributed by atoms with van der Waals surface area (Å²) in [7, 11) is 0. The van der Waals surface area contributed by atoms with Crippen LogP contribution in [0.1, 0.15) is 26.7 Å². The van der Waals surface area contributed by atoms with E-state index in [2.05, 4.69) is 30.6 Å². The Morgan fingerprint density at radius 2 is 1.30 bits per heavy atom. The van der Waals surface area contributed by atoms with Crippen molar-refractivity contribution in [2.45, 2.75) is 26.7 Å². The molecule has 0 unspecified atom stereocenters. The van der Waals surface area contributed by atoms with Gasteiger partial charge in [-0.1, -0.05) is 65.5 Å². The Balaban J connectivity index is 0.000000181. The third-order valence-corrected chi connectivity index (χ3v) is 8.10. The topological polar surface area (TPSA) is 125 Å². The molecule has 4 aromatic carbocycles. The number of aromatic nitrogens is 4. The predicted molar refractivity (Wildman–Crippen MR) is 187 cm³/mol. The zero-order valence-electron chi connectivity index (χ0n) is 24.7. The van der Waals surface area contributed by atoms with Crippen LogP contribution in [0.5, 0.6) is 0 Å². The van der Waals surface area contributed by atoms with E-state index in [9.17, 15) is 9.59 Å². The first-order chi connectivity index (χ1) is 22.2. The molecule has 0 bridgehead atoms. The number of carbonyl (C=O) groups is 2. The number of aromatic amines is 2. The summed E-state index contributed by atoms with van der Waals surface area (Å²) in [5.74, 6) is 1.22. The molecule has 0 radical (unpaired) electrons. The van der Waals surface area contributed by atoms with E-state index in [0.29, 0.717) is 56.0 Å². The molecule has 4 N–H and O–H groups in total. The third kappa shape index (κ3) is 7.74. The summed E-state index contributed by atoms with van der Waals surface area (Å²) in [6.07, 6.45) is 0.818. The lowest BCUT2D eigenvalue weighted by Crippen LogP contribution is -2.13. The molecule has 0 spiro atoms. The fourth-order valence-electron chi connectivity index (χ4n) is 4.57. The quantitative estimate of drug-likeness (QED) is 0.132. The molecule has 236 valence electrons. The minimum atomic E-state index is -0.496. The Morgan fingerprint density at radius 3 is 1.93 bits per heavy atom. The highest BCUT2D eigenvalue weighted by Crippen LogP contribution is 2.35. The molecule has 0 aliphatic rings. The van der Waals surface area contributed by atoms with Crippen molar-refractivity contribution in [3.05, 3.63) is 92.9 Å². The first-order valence-corrected chi connectivity index (χ1v) is 15.8. The number of H-pyrrole nitrogens is 2. The minimum absolute atomic E-state index is 0.000682. The summed E-state index contributed by atoms with van der Waals surface area (Å²) < 4.78 is 4.85. The van der Waals surface area contributed by atoms with E-state index < -0.39 is 6.09 Å². The molecule has 2 amide bonds. The highest BCUT2D eigenvalue weighted by molar-refractivity contribution is 6.43. The molecule has 46 heavy (non-hydrogen) atoms. The van der Waals surface area contributed by atoms with Crippen LogP contribution < -0.4 is 10.6 Å². The van der Waals surface area contributed by atoms with Gasteiger partial charge in [-0.15, -0.1) is 0 Å². The summed E-state index contributed by atoms with van der Waals surface area (Å²) in [4.78, 5) is 38.6. The lowest BCUT2D eigenvalue weighted by Gasteiger charge is -2.04. The Morgan fingerprint density at radius 1 is 0.739 bits per heavy atom. The third-order valence-electron chi connectivity index (χ3n) is 6.65. The number of nitrogens with one attached hydrogen (secondary N) is 4. The Labute approximate surface area is 284 Å². The number of anilines is 2. The summed E-state index contributed by atoms with van der Waals surface area (Å²) in [5.41, 5.74) is 5.85. The second kappa shape index (κ2) is 14.9. The SMILES string of the molecule is CCCC(=O)Nc1ccc2nc(-c3c(Cl)cccc3Cl)[nH]c2c1.CCOC(=O)Nc1ccc2nc(-c3cccc(Cl)c3Cl)[nH]c2c1. The van der Waals surface area contributed by atoms with E-state index in [1.54, 1.807) is 49.4 Å². The number of hydrogen-bond acceptors (Lipinski definition) is 5. The van der Waals surface area contributed by atoms with E-state index in [1.165, 1.54) is 0 Å². The minimum Gasteiger partial charge on any atom is -0.450 e. The van der Waals surface area contributed by atoms with Gasteiger partial charge in [0.1, 0.15) is 11.6 Å². The predicted octanol–water partition coefficient (Wildman–Crippen LogP) is 10.4. The molecule has 6 aromatic rings. The van der Waals surface area contributed by atoms with Crippen LogP contribution in [0.4, 0.5) is 16.2 Å². The van der Waals surface area contributed by atoms with E-state index in [0.717, 1.165) is 39.7 Å². The maximum atomic E-state index is 11.7. The average molecular weight is 698 g/mol. The maximum absolute atomic E-state index is 11.7. The monoisotopic (exact) mass is 696 g/mol. The molecule has 13 heteroatoms. The molecule has 0 saturated carbocycles. The van der Waals surface area contributed by atoms with E-state index in [-0.39, 0.29) is 5.91 Å². The van der Waals surface area contributed by atoms with Gasteiger partial charge in [0.05, 0.1) is 54.3 Å². The van der Waals surface area contributed by atoms with Gasteiger partial charge in [0, 0.05) is 23.4 Å². The fourth-order valence-corrected chi connectivity index (χ4v) is 5.53. The molecular weight excluding hydrogens is 670 g/mol. The number of amides is 2. The average Bonchev–Trinajstić information content (AvgIpc) is 3.62. The van der Waals surface area contributed by atoms with Crippen LogP contribution in [0.15, 0.2) is 72.8 Å². The van der Waals surface area contributed by atoms with Crippen molar-refractivity contribution < 1.29 is 14.3 Å². The smallest absolute Gasteiger partial charge is 0.411 e. The second-order valence-electron chi connectivity index (χ2n) is 9.98. The Kier molecular flexibility index (Phi) is 10.7. The molecule has 0 fully saturated rings. The molecular formula is C33H28Cl4N6O3. The van der Waals surface area contributed by atoms with Crippen LogP contribution in [0.2, 0.25) is 20.1 Å². The van der Waals surface area contributed by atoms with Crippen LogP contribution in [0.3, 0.4) is 0 Å². The highest BCUT2D eigenvalue weighted by atomic mass is 35.5. The maximum Gasteiger partial charge on any atom is 0.411 e. The molecule has 6 rings (SSSR count). The number of ether oxygens (including phenoxy) is 1.